The number of amides is 1. The monoisotopic (exact) mass is 297 g/mol. The molecule has 3 unspecified atom stereocenters. The van der Waals surface area contributed by atoms with Gasteiger partial charge in [0.25, 0.3) is 0 Å². The van der Waals surface area contributed by atoms with Crippen molar-refractivity contribution in [1.29, 1.82) is 0 Å². The number of imidazole rings is 1. The maximum Gasteiger partial charge on any atom is 0.223 e. The van der Waals surface area contributed by atoms with E-state index in [4.69, 9.17) is 0 Å². The van der Waals surface area contributed by atoms with Crippen molar-refractivity contribution in [2.75, 3.05) is 6.54 Å². The van der Waals surface area contributed by atoms with Crippen LogP contribution >= 0.6 is 0 Å². The number of hydrogen-bond acceptors (Lipinski definition) is 2. The zero-order chi connectivity index (χ0) is 14.9. The molecule has 4 heteroatoms. The molecule has 4 rings (SSSR count). The largest absolute Gasteiger partial charge is 0.356 e. The quantitative estimate of drug-likeness (QED) is 0.862. The third kappa shape index (κ3) is 2.51. The lowest BCUT2D eigenvalue weighted by molar-refractivity contribution is -0.126. The molecular weight excluding hydrogens is 274 g/mol. The Morgan fingerprint density at radius 1 is 1.27 bits per heavy atom. The van der Waals surface area contributed by atoms with E-state index in [0.29, 0.717) is 17.7 Å². The van der Waals surface area contributed by atoms with Crippen LogP contribution in [0, 0.1) is 17.8 Å². The second-order valence-electron chi connectivity index (χ2n) is 6.85. The van der Waals surface area contributed by atoms with E-state index in [1.165, 1.54) is 24.8 Å². The fraction of sp³-hybridized carbons (Fsp3) is 0.556. The molecule has 0 spiro atoms. The maximum absolute atomic E-state index is 12.3. The molecule has 2 fully saturated rings. The third-order valence-electron chi connectivity index (χ3n) is 5.48. The summed E-state index contributed by atoms with van der Waals surface area (Å²) in [5.74, 6) is 2.09. The number of aromatic nitrogens is 2. The summed E-state index contributed by atoms with van der Waals surface area (Å²) in [4.78, 5) is 16.7. The molecule has 2 aliphatic rings. The van der Waals surface area contributed by atoms with E-state index in [1.54, 1.807) is 0 Å². The van der Waals surface area contributed by atoms with E-state index in [0.717, 1.165) is 37.4 Å². The maximum atomic E-state index is 12.3. The normalized spacial score (nSPS) is 26.6. The number of hydrogen-bond donors (Lipinski definition) is 1. The molecule has 1 N–H and O–H groups in total. The fourth-order valence-corrected chi connectivity index (χ4v) is 4.35. The number of aryl methyl sites for hydroxylation is 1. The van der Waals surface area contributed by atoms with Crippen molar-refractivity contribution in [3.63, 3.8) is 0 Å². The number of fused-ring (bicyclic) bond motifs is 3. The molecule has 0 aliphatic heterocycles. The summed E-state index contributed by atoms with van der Waals surface area (Å²) in [6.07, 6.45) is 7.88. The predicted octanol–water partition coefficient (Wildman–Crippen LogP) is 2.98. The van der Waals surface area contributed by atoms with Gasteiger partial charge in [-0.3, -0.25) is 4.79 Å². The van der Waals surface area contributed by atoms with Crippen LogP contribution in [-0.4, -0.2) is 22.0 Å². The van der Waals surface area contributed by atoms with Gasteiger partial charge in [-0.25, -0.2) is 4.98 Å². The van der Waals surface area contributed by atoms with E-state index >= 15 is 0 Å². The molecule has 4 nitrogen and oxygen atoms in total. The highest BCUT2D eigenvalue weighted by atomic mass is 16.1. The van der Waals surface area contributed by atoms with Crippen molar-refractivity contribution < 1.29 is 4.79 Å². The van der Waals surface area contributed by atoms with E-state index in [1.807, 2.05) is 24.5 Å². The van der Waals surface area contributed by atoms with Crippen LogP contribution in [0.4, 0.5) is 0 Å². The smallest absolute Gasteiger partial charge is 0.223 e. The molecule has 1 aromatic carbocycles. The van der Waals surface area contributed by atoms with Crippen LogP contribution in [0.1, 0.15) is 32.1 Å². The lowest BCUT2D eigenvalue weighted by atomic mass is 9.88. The Balaban J connectivity index is 1.26. The van der Waals surface area contributed by atoms with Gasteiger partial charge in [-0.1, -0.05) is 18.6 Å². The minimum atomic E-state index is 0.294. The van der Waals surface area contributed by atoms with Gasteiger partial charge in [0.15, 0.2) is 0 Å². The second kappa shape index (κ2) is 5.75. The lowest BCUT2D eigenvalue weighted by Gasteiger charge is -2.20. The van der Waals surface area contributed by atoms with Crippen LogP contribution in [0.15, 0.2) is 30.6 Å². The molecule has 1 aromatic heterocycles. The summed E-state index contributed by atoms with van der Waals surface area (Å²) in [7, 11) is 0. The topological polar surface area (TPSA) is 46.9 Å². The van der Waals surface area contributed by atoms with Crippen LogP contribution in [0.25, 0.3) is 11.0 Å². The molecule has 1 amide bonds. The Kier molecular flexibility index (Phi) is 3.60. The zero-order valence-electron chi connectivity index (χ0n) is 12.9. The SMILES string of the molecule is O=C(NCCCn1cnc2ccccc21)C1CC2CCC1C2. The number of nitrogens with zero attached hydrogens (tertiary/aromatic N) is 2. The van der Waals surface area contributed by atoms with Crippen LogP contribution in [0.2, 0.25) is 0 Å². The van der Waals surface area contributed by atoms with Gasteiger partial charge in [0.05, 0.1) is 17.4 Å². The summed E-state index contributed by atoms with van der Waals surface area (Å²) >= 11 is 0. The minimum absolute atomic E-state index is 0.294. The Morgan fingerprint density at radius 3 is 3.00 bits per heavy atom. The first-order chi connectivity index (χ1) is 10.8. The van der Waals surface area contributed by atoms with Gasteiger partial charge in [-0.2, -0.15) is 0 Å². The first-order valence-corrected chi connectivity index (χ1v) is 8.49. The number of para-hydroxylation sites is 2. The predicted molar refractivity (Wildman–Crippen MR) is 86.3 cm³/mol. The van der Waals surface area contributed by atoms with Crippen molar-refractivity contribution in [3.05, 3.63) is 30.6 Å². The highest BCUT2D eigenvalue weighted by molar-refractivity contribution is 5.79. The fourth-order valence-electron chi connectivity index (χ4n) is 4.35. The summed E-state index contributed by atoms with van der Waals surface area (Å²) in [6.45, 7) is 1.66. The third-order valence-corrected chi connectivity index (χ3v) is 5.48. The van der Waals surface area contributed by atoms with Gasteiger partial charge in [-0.15, -0.1) is 0 Å². The molecule has 2 saturated carbocycles. The average Bonchev–Trinajstić information content (AvgIpc) is 3.26. The van der Waals surface area contributed by atoms with Gasteiger partial charge >= 0.3 is 0 Å². The van der Waals surface area contributed by atoms with Gasteiger partial charge in [0, 0.05) is 19.0 Å². The van der Waals surface area contributed by atoms with Gasteiger partial charge < -0.3 is 9.88 Å². The molecule has 116 valence electrons. The number of carbonyl (C=O) groups excluding carboxylic acids is 1. The van der Waals surface area contributed by atoms with E-state index in [9.17, 15) is 4.79 Å². The summed E-state index contributed by atoms with van der Waals surface area (Å²) in [5.41, 5.74) is 2.20. The van der Waals surface area contributed by atoms with E-state index < -0.39 is 0 Å². The standard InChI is InChI=1S/C18H23N3O/c22-18(15-11-13-6-7-14(15)10-13)19-8-3-9-21-12-20-16-4-1-2-5-17(16)21/h1-2,4-5,12-15H,3,6-11H2,(H,19,22). The molecule has 0 saturated heterocycles. The average molecular weight is 297 g/mol. The number of rotatable bonds is 5. The van der Waals surface area contributed by atoms with Crippen molar-refractivity contribution >= 4 is 16.9 Å². The molecule has 0 radical (unpaired) electrons. The van der Waals surface area contributed by atoms with Gasteiger partial charge in [-0.05, 0) is 49.7 Å². The molecule has 2 aromatic rings. The molecule has 22 heavy (non-hydrogen) atoms. The lowest BCUT2D eigenvalue weighted by Crippen LogP contribution is -2.34. The summed E-state index contributed by atoms with van der Waals surface area (Å²) < 4.78 is 2.17. The first kappa shape index (κ1) is 13.8. The second-order valence-corrected chi connectivity index (χ2v) is 6.85. The van der Waals surface area contributed by atoms with Gasteiger partial charge in [0.2, 0.25) is 5.91 Å². The first-order valence-electron chi connectivity index (χ1n) is 8.49. The molecule has 1 heterocycles. The van der Waals surface area contributed by atoms with Crippen molar-refractivity contribution in [2.45, 2.75) is 38.6 Å². The van der Waals surface area contributed by atoms with E-state index in [2.05, 4.69) is 20.9 Å². The number of benzene rings is 1. The van der Waals surface area contributed by atoms with E-state index in [-0.39, 0.29) is 0 Å². The highest BCUT2D eigenvalue weighted by Gasteiger charge is 2.42. The molecular formula is C18H23N3O. The molecule has 2 bridgehead atoms. The Morgan fingerprint density at radius 2 is 2.18 bits per heavy atom. The minimum Gasteiger partial charge on any atom is -0.356 e. The van der Waals surface area contributed by atoms with Gasteiger partial charge in [0.1, 0.15) is 0 Å². The van der Waals surface area contributed by atoms with Crippen molar-refractivity contribution in [1.82, 2.24) is 14.9 Å². The van der Waals surface area contributed by atoms with Crippen molar-refractivity contribution in [3.8, 4) is 0 Å². The van der Waals surface area contributed by atoms with Crippen molar-refractivity contribution in [2.24, 2.45) is 17.8 Å². The summed E-state index contributed by atoms with van der Waals surface area (Å²) in [6, 6.07) is 8.17. The summed E-state index contributed by atoms with van der Waals surface area (Å²) in [5, 5.41) is 3.15. The molecule has 3 atom stereocenters. The highest BCUT2D eigenvalue weighted by Crippen LogP contribution is 2.48. The number of carbonyl (C=O) groups is 1. The number of nitrogens with one attached hydrogen (secondary N) is 1. The molecule has 2 aliphatic carbocycles. The van der Waals surface area contributed by atoms with Crippen LogP contribution in [0.3, 0.4) is 0 Å². The van der Waals surface area contributed by atoms with Crippen LogP contribution in [0.5, 0.6) is 0 Å². The Bertz CT molecular complexity index is 678. The Labute approximate surface area is 130 Å². The van der Waals surface area contributed by atoms with Crippen LogP contribution < -0.4 is 5.32 Å². The Hall–Kier alpha value is -1.84. The van der Waals surface area contributed by atoms with Crippen LogP contribution in [-0.2, 0) is 11.3 Å². The zero-order valence-corrected chi connectivity index (χ0v) is 12.9.